The molecule has 1 aliphatic rings. The quantitative estimate of drug-likeness (QED) is 0.911. The molecule has 2 rings (SSSR count). The lowest BCUT2D eigenvalue weighted by Gasteiger charge is -2.23. The average Bonchev–Trinajstić information content (AvgIpc) is 2.25. The average molecular weight is 307 g/mol. The summed E-state index contributed by atoms with van der Waals surface area (Å²) in [6.07, 6.45) is 3.18. The van der Waals surface area contributed by atoms with E-state index in [2.05, 4.69) is 26.2 Å². The van der Waals surface area contributed by atoms with Gasteiger partial charge >= 0.3 is 0 Å². The molecule has 0 spiro atoms. The Labute approximate surface area is 104 Å². The van der Waals surface area contributed by atoms with Gasteiger partial charge in [-0.15, -0.1) is 0 Å². The Balaban J connectivity index is 2.01. The van der Waals surface area contributed by atoms with Gasteiger partial charge in [0.2, 0.25) is 0 Å². The molecule has 0 aliphatic carbocycles. The minimum absolute atomic E-state index is 0.181. The molecule has 0 atom stereocenters. The zero-order valence-electron chi connectivity index (χ0n) is 8.58. The first-order chi connectivity index (χ1) is 7.65. The third kappa shape index (κ3) is 3.01. The third-order valence-electron chi connectivity index (χ3n) is 2.54. The summed E-state index contributed by atoms with van der Waals surface area (Å²) in [6.45, 7) is 0. The number of halogens is 2. The number of nitrogens with one attached hydrogen (secondary N) is 1. The van der Waals surface area contributed by atoms with E-state index in [9.17, 15) is 8.60 Å². The highest BCUT2D eigenvalue weighted by molar-refractivity contribution is 9.10. The number of pyridine rings is 1. The number of anilines is 1. The van der Waals surface area contributed by atoms with Crippen molar-refractivity contribution in [3.63, 3.8) is 0 Å². The summed E-state index contributed by atoms with van der Waals surface area (Å²) >= 11 is 3.16. The predicted octanol–water partition coefficient (Wildman–Crippen LogP) is 2.31. The predicted molar refractivity (Wildman–Crippen MR) is 66.4 cm³/mol. The van der Waals surface area contributed by atoms with Gasteiger partial charge in [-0.25, -0.2) is 9.37 Å². The van der Waals surface area contributed by atoms with Gasteiger partial charge in [0, 0.05) is 39.0 Å². The SMILES string of the molecule is O=S1CCC(Nc2ncc(Br)cc2F)CC1. The first-order valence-electron chi connectivity index (χ1n) is 5.07. The molecule has 1 saturated heterocycles. The van der Waals surface area contributed by atoms with Crippen LogP contribution < -0.4 is 5.32 Å². The third-order valence-corrected chi connectivity index (χ3v) is 4.35. The van der Waals surface area contributed by atoms with Gasteiger partial charge in [-0.2, -0.15) is 0 Å². The maximum atomic E-state index is 13.5. The number of hydrogen-bond acceptors (Lipinski definition) is 3. The van der Waals surface area contributed by atoms with Crippen LogP contribution in [0.1, 0.15) is 12.8 Å². The van der Waals surface area contributed by atoms with Crippen LogP contribution in [0.25, 0.3) is 0 Å². The van der Waals surface area contributed by atoms with Gasteiger partial charge in [-0.05, 0) is 34.8 Å². The largest absolute Gasteiger partial charge is 0.365 e. The van der Waals surface area contributed by atoms with Crippen LogP contribution in [0.2, 0.25) is 0 Å². The minimum atomic E-state index is -0.690. The van der Waals surface area contributed by atoms with Crippen molar-refractivity contribution in [2.24, 2.45) is 0 Å². The number of rotatable bonds is 2. The Bertz CT molecular complexity index is 406. The van der Waals surface area contributed by atoms with Crippen LogP contribution >= 0.6 is 15.9 Å². The summed E-state index contributed by atoms with van der Waals surface area (Å²) in [5, 5.41) is 3.06. The van der Waals surface area contributed by atoms with E-state index in [0.717, 1.165) is 12.8 Å². The lowest BCUT2D eigenvalue weighted by Crippen LogP contribution is -2.30. The van der Waals surface area contributed by atoms with E-state index in [-0.39, 0.29) is 17.7 Å². The van der Waals surface area contributed by atoms with Gasteiger partial charge in [0.1, 0.15) is 0 Å². The molecule has 2 heterocycles. The van der Waals surface area contributed by atoms with E-state index in [1.165, 1.54) is 6.07 Å². The van der Waals surface area contributed by atoms with Crippen molar-refractivity contribution >= 4 is 32.5 Å². The summed E-state index contributed by atoms with van der Waals surface area (Å²) in [5.41, 5.74) is 0. The van der Waals surface area contributed by atoms with Gasteiger partial charge in [-0.1, -0.05) is 0 Å². The standard InChI is InChI=1S/C10H12BrFN2OS/c11-7-5-9(12)10(13-6-7)14-8-1-3-16(15)4-2-8/h5-6,8H,1-4H2,(H,13,14). The molecule has 0 unspecified atom stereocenters. The van der Waals surface area contributed by atoms with Crippen molar-refractivity contribution in [1.29, 1.82) is 0 Å². The Morgan fingerprint density at radius 3 is 2.81 bits per heavy atom. The molecule has 1 fully saturated rings. The summed E-state index contributed by atoms with van der Waals surface area (Å²) < 4.78 is 25.3. The highest BCUT2D eigenvalue weighted by atomic mass is 79.9. The van der Waals surface area contributed by atoms with Crippen LogP contribution in [0.5, 0.6) is 0 Å². The van der Waals surface area contributed by atoms with Crippen molar-refractivity contribution in [2.45, 2.75) is 18.9 Å². The summed E-state index contributed by atoms with van der Waals surface area (Å²) in [6, 6.07) is 1.57. The molecule has 0 aromatic carbocycles. The fourth-order valence-electron chi connectivity index (χ4n) is 1.65. The van der Waals surface area contributed by atoms with Crippen molar-refractivity contribution in [2.75, 3.05) is 16.8 Å². The molecule has 1 aromatic heterocycles. The van der Waals surface area contributed by atoms with Crippen LogP contribution in [-0.2, 0) is 10.8 Å². The smallest absolute Gasteiger partial charge is 0.166 e. The molecule has 0 bridgehead atoms. The molecule has 1 N–H and O–H groups in total. The van der Waals surface area contributed by atoms with Crippen molar-refractivity contribution in [3.8, 4) is 0 Å². The monoisotopic (exact) mass is 306 g/mol. The van der Waals surface area contributed by atoms with Crippen molar-refractivity contribution in [3.05, 3.63) is 22.6 Å². The van der Waals surface area contributed by atoms with Gasteiger partial charge in [-0.3, -0.25) is 4.21 Å². The summed E-state index contributed by atoms with van der Waals surface area (Å²) in [7, 11) is -0.690. The molecular weight excluding hydrogens is 295 g/mol. The maximum Gasteiger partial charge on any atom is 0.166 e. The molecule has 1 aliphatic heterocycles. The van der Waals surface area contributed by atoms with Crippen molar-refractivity contribution in [1.82, 2.24) is 4.98 Å². The van der Waals surface area contributed by atoms with E-state index in [1.54, 1.807) is 6.20 Å². The Hall–Kier alpha value is -0.490. The molecule has 1 aromatic rings. The van der Waals surface area contributed by atoms with Crippen LogP contribution in [-0.4, -0.2) is 26.7 Å². The maximum absolute atomic E-state index is 13.5. The van der Waals surface area contributed by atoms with Crippen molar-refractivity contribution < 1.29 is 8.60 Å². The fourth-order valence-corrected chi connectivity index (χ4v) is 3.25. The highest BCUT2D eigenvalue weighted by Gasteiger charge is 2.19. The van der Waals surface area contributed by atoms with Crippen LogP contribution in [0, 0.1) is 5.82 Å². The molecule has 3 nitrogen and oxygen atoms in total. The molecule has 0 saturated carbocycles. The second-order valence-corrected chi connectivity index (χ2v) is 6.36. The minimum Gasteiger partial charge on any atom is -0.365 e. The molecule has 0 radical (unpaired) electrons. The van der Waals surface area contributed by atoms with Crippen LogP contribution in [0.4, 0.5) is 10.2 Å². The summed E-state index contributed by atoms with van der Waals surface area (Å²) in [4.78, 5) is 3.98. The normalized spacial score (nSPS) is 25.4. The molecule has 16 heavy (non-hydrogen) atoms. The number of nitrogens with zero attached hydrogens (tertiary/aromatic N) is 1. The zero-order chi connectivity index (χ0) is 11.5. The van der Waals surface area contributed by atoms with E-state index < -0.39 is 10.8 Å². The molecule has 6 heteroatoms. The highest BCUT2D eigenvalue weighted by Crippen LogP contribution is 2.19. The summed E-state index contributed by atoms with van der Waals surface area (Å²) in [5.74, 6) is 1.30. The molecular formula is C10H12BrFN2OS. The number of aromatic nitrogens is 1. The van der Waals surface area contributed by atoms with Crippen LogP contribution in [0.15, 0.2) is 16.7 Å². The van der Waals surface area contributed by atoms with Gasteiger partial charge in [0.05, 0.1) is 0 Å². The van der Waals surface area contributed by atoms with E-state index in [4.69, 9.17) is 0 Å². The molecule has 0 amide bonds. The Kier molecular flexibility index (Phi) is 3.91. The first-order valence-corrected chi connectivity index (χ1v) is 7.36. The molecule has 88 valence electrons. The lowest BCUT2D eigenvalue weighted by atomic mass is 10.1. The van der Waals surface area contributed by atoms with E-state index in [1.807, 2.05) is 0 Å². The second kappa shape index (κ2) is 5.23. The van der Waals surface area contributed by atoms with Gasteiger partial charge in [0.15, 0.2) is 11.6 Å². The topological polar surface area (TPSA) is 42.0 Å². The second-order valence-electron chi connectivity index (χ2n) is 3.75. The lowest BCUT2D eigenvalue weighted by molar-refractivity contribution is 0.597. The van der Waals surface area contributed by atoms with E-state index in [0.29, 0.717) is 16.0 Å². The Morgan fingerprint density at radius 1 is 1.50 bits per heavy atom. The fraction of sp³-hybridized carbons (Fsp3) is 0.500. The first kappa shape index (κ1) is 12.0. The zero-order valence-corrected chi connectivity index (χ0v) is 11.0. The Morgan fingerprint density at radius 2 is 2.19 bits per heavy atom. The van der Waals surface area contributed by atoms with Gasteiger partial charge in [0.25, 0.3) is 0 Å². The van der Waals surface area contributed by atoms with Crippen LogP contribution in [0.3, 0.4) is 0 Å². The van der Waals surface area contributed by atoms with Gasteiger partial charge < -0.3 is 5.32 Å². The number of hydrogen-bond donors (Lipinski definition) is 1. The van der Waals surface area contributed by atoms with E-state index >= 15 is 0 Å².